The molecule has 0 bridgehead atoms. The zero-order valence-corrected chi connectivity index (χ0v) is 15.3. The Morgan fingerprint density at radius 1 is 1.16 bits per heavy atom. The summed E-state index contributed by atoms with van der Waals surface area (Å²) in [4.78, 5) is 11.9. The van der Waals surface area contributed by atoms with Crippen molar-refractivity contribution in [2.75, 3.05) is 13.7 Å². The van der Waals surface area contributed by atoms with Crippen LogP contribution in [0, 0.1) is 11.6 Å². The van der Waals surface area contributed by atoms with Gasteiger partial charge in [0.05, 0.1) is 23.4 Å². The normalized spacial score (nSPS) is 19.8. The molecule has 0 radical (unpaired) electrons. The molecule has 0 aliphatic carbocycles. The summed E-state index contributed by atoms with van der Waals surface area (Å²) in [6.45, 7) is 9.05. The van der Waals surface area contributed by atoms with Crippen molar-refractivity contribution in [2.24, 2.45) is 0 Å². The van der Waals surface area contributed by atoms with Crippen molar-refractivity contribution >= 4 is 18.6 Å². The second-order valence-electron chi connectivity index (χ2n) is 6.85. The van der Waals surface area contributed by atoms with Gasteiger partial charge in [-0.25, -0.2) is 13.6 Å². The van der Waals surface area contributed by atoms with Gasteiger partial charge in [-0.05, 0) is 52.2 Å². The standard InChI is InChI=1S/C17H23BF2O5/c1-7-23-15(21)14(22-6)13-11(19)8-10(9-12(13)20)18-24-16(2,3)17(4,5)25-18/h8-9,14H,7H2,1-6H3. The van der Waals surface area contributed by atoms with Crippen LogP contribution in [0.25, 0.3) is 0 Å². The first kappa shape index (κ1) is 19.8. The van der Waals surface area contributed by atoms with Crippen LogP contribution in [-0.4, -0.2) is 38.0 Å². The summed E-state index contributed by atoms with van der Waals surface area (Å²) < 4.78 is 50.4. The van der Waals surface area contributed by atoms with Crippen molar-refractivity contribution in [1.29, 1.82) is 0 Å². The molecule has 1 saturated heterocycles. The van der Waals surface area contributed by atoms with Crippen LogP contribution in [0.4, 0.5) is 8.78 Å². The highest BCUT2D eigenvalue weighted by molar-refractivity contribution is 6.62. The van der Waals surface area contributed by atoms with E-state index in [0.717, 1.165) is 12.1 Å². The highest BCUT2D eigenvalue weighted by Crippen LogP contribution is 2.36. The molecule has 138 valence electrons. The molecule has 0 saturated carbocycles. The van der Waals surface area contributed by atoms with Gasteiger partial charge in [-0.3, -0.25) is 0 Å². The molecule has 1 atom stereocenters. The maximum absolute atomic E-state index is 14.5. The lowest BCUT2D eigenvalue weighted by molar-refractivity contribution is -0.155. The summed E-state index contributed by atoms with van der Waals surface area (Å²) in [5, 5.41) is 0. The number of methoxy groups -OCH3 is 1. The fourth-order valence-electron chi connectivity index (χ4n) is 2.52. The Balaban J connectivity index is 2.37. The van der Waals surface area contributed by atoms with E-state index in [1.807, 2.05) is 27.7 Å². The summed E-state index contributed by atoms with van der Waals surface area (Å²) in [7, 11) is 0.273. The molecule has 1 aromatic carbocycles. The number of ether oxygens (including phenoxy) is 2. The van der Waals surface area contributed by atoms with E-state index >= 15 is 0 Å². The minimum absolute atomic E-state index is 0.0773. The molecule has 1 heterocycles. The van der Waals surface area contributed by atoms with E-state index in [1.165, 1.54) is 7.11 Å². The second kappa shape index (κ2) is 7.01. The molecular formula is C17H23BF2O5. The average molecular weight is 356 g/mol. The van der Waals surface area contributed by atoms with E-state index in [2.05, 4.69) is 0 Å². The minimum atomic E-state index is -1.48. The zero-order chi connectivity index (χ0) is 19.0. The summed E-state index contributed by atoms with van der Waals surface area (Å²) in [6, 6.07) is 2.18. The molecule has 1 aliphatic rings. The molecule has 2 rings (SSSR count). The Kier molecular flexibility index (Phi) is 5.56. The second-order valence-corrected chi connectivity index (χ2v) is 6.85. The van der Waals surface area contributed by atoms with Gasteiger partial charge in [0.25, 0.3) is 0 Å². The molecule has 0 amide bonds. The fourth-order valence-corrected chi connectivity index (χ4v) is 2.52. The summed E-state index contributed by atoms with van der Waals surface area (Å²) in [5.74, 6) is -2.71. The lowest BCUT2D eigenvalue weighted by atomic mass is 9.78. The van der Waals surface area contributed by atoms with Crippen LogP contribution in [0.2, 0.25) is 0 Å². The molecule has 1 fully saturated rings. The zero-order valence-electron chi connectivity index (χ0n) is 15.3. The summed E-state index contributed by atoms with van der Waals surface area (Å²) in [6.07, 6.45) is -1.48. The lowest BCUT2D eigenvalue weighted by Gasteiger charge is -2.32. The predicted octanol–water partition coefficient (Wildman–Crippen LogP) is 2.51. The third-order valence-electron chi connectivity index (χ3n) is 4.63. The molecule has 1 aromatic rings. The van der Waals surface area contributed by atoms with Crippen LogP contribution in [0.3, 0.4) is 0 Å². The molecule has 0 N–H and O–H groups in total. The largest absolute Gasteiger partial charge is 0.495 e. The minimum Gasteiger partial charge on any atom is -0.464 e. The number of halogens is 2. The average Bonchev–Trinajstić information content (AvgIpc) is 2.71. The highest BCUT2D eigenvalue weighted by Gasteiger charge is 2.52. The van der Waals surface area contributed by atoms with Crippen molar-refractivity contribution in [1.82, 2.24) is 0 Å². The van der Waals surface area contributed by atoms with Crippen molar-refractivity contribution in [2.45, 2.75) is 51.9 Å². The number of hydrogen-bond donors (Lipinski definition) is 0. The van der Waals surface area contributed by atoms with Crippen LogP contribution >= 0.6 is 0 Å². The molecule has 1 unspecified atom stereocenters. The first-order valence-electron chi connectivity index (χ1n) is 8.08. The van der Waals surface area contributed by atoms with E-state index in [1.54, 1.807) is 6.92 Å². The van der Waals surface area contributed by atoms with Crippen LogP contribution in [-0.2, 0) is 23.6 Å². The van der Waals surface area contributed by atoms with Crippen molar-refractivity contribution in [3.8, 4) is 0 Å². The van der Waals surface area contributed by atoms with Crippen molar-refractivity contribution in [3.63, 3.8) is 0 Å². The number of hydrogen-bond acceptors (Lipinski definition) is 5. The summed E-state index contributed by atoms with van der Waals surface area (Å²) in [5.41, 5.74) is -1.58. The number of benzene rings is 1. The summed E-state index contributed by atoms with van der Waals surface area (Å²) >= 11 is 0. The SMILES string of the molecule is CCOC(=O)C(OC)c1c(F)cc(B2OC(C)(C)C(C)(C)O2)cc1F. The van der Waals surface area contributed by atoms with E-state index in [9.17, 15) is 13.6 Å². The van der Waals surface area contributed by atoms with Gasteiger partial charge in [-0.2, -0.15) is 0 Å². The Bertz CT molecular complexity index is 623. The van der Waals surface area contributed by atoms with Gasteiger partial charge in [-0.1, -0.05) is 0 Å². The predicted molar refractivity (Wildman–Crippen MR) is 88.5 cm³/mol. The van der Waals surface area contributed by atoms with E-state index < -0.39 is 47.6 Å². The first-order valence-corrected chi connectivity index (χ1v) is 8.08. The monoisotopic (exact) mass is 356 g/mol. The molecule has 0 aromatic heterocycles. The molecule has 1 aliphatic heterocycles. The number of esters is 1. The third kappa shape index (κ3) is 3.71. The number of rotatable bonds is 5. The highest BCUT2D eigenvalue weighted by atomic mass is 19.1. The number of carbonyl (C=O) groups excluding carboxylic acids is 1. The molecular weight excluding hydrogens is 333 g/mol. The molecule has 0 spiro atoms. The third-order valence-corrected chi connectivity index (χ3v) is 4.63. The van der Waals surface area contributed by atoms with Crippen LogP contribution in [0.1, 0.15) is 46.3 Å². The Morgan fingerprint density at radius 2 is 1.64 bits per heavy atom. The Hall–Kier alpha value is -1.51. The smallest absolute Gasteiger partial charge is 0.464 e. The molecule has 8 heteroatoms. The van der Waals surface area contributed by atoms with E-state index in [0.29, 0.717) is 0 Å². The van der Waals surface area contributed by atoms with Gasteiger partial charge < -0.3 is 18.8 Å². The number of carbonyl (C=O) groups is 1. The van der Waals surface area contributed by atoms with Crippen molar-refractivity contribution < 1.29 is 32.4 Å². The first-order chi connectivity index (χ1) is 11.5. The van der Waals surface area contributed by atoms with Gasteiger partial charge in [0.2, 0.25) is 0 Å². The van der Waals surface area contributed by atoms with Crippen molar-refractivity contribution in [3.05, 3.63) is 29.3 Å². The van der Waals surface area contributed by atoms with Gasteiger partial charge in [0.15, 0.2) is 6.10 Å². The van der Waals surface area contributed by atoms with Crippen LogP contribution in [0.15, 0.2) is 12.1 Å². The van der Waals surface area contributed by atoms with Gasteiger partial charge in [-0.15, -0.1) is 0 Å². The Morgan fingerprint density at radius 3 is 2.04 bits per heavy atom. The fraction of sp³-hybridized carbons (Fsp3) is 0.588. The topological polar surface area (TPSA) is 54.0 Å². The van der Waals surface area contributed by atoms with E-state index in [-0.39, 0.29) is 12.1 Å². The van der Waals surface area contributed by atoms with Gasteiger partial charge in [0, 0.05) is 7.11 Å². The lowest BCUT2D eigenvalue weighted by Crippen LogP contribution is -2.41. The van der Waals surface area contributed by atoms with E-state index in [4.69, 9.17) is 18.8 Å². The van der Waals surface area contributed by atoms with Crippen LogP contribution in [0.5, 0.6) is 0 Å². The Labute approximate surface area is 146 Å². The van der Waals surface area contributed by atoms with Gasteiger partial charge >= 0.3 is 13.1 Å². The van der Waals surface area contributed by atoms with Gasteiger partial charge in [0.1, 0.15) is 11.6 Å². The maximum atomic E-state index is 14.5. The quantitative estimate of drug-likeness (QED) is 0.600. The maximum Gasteiger partial charge on any atom is 0.495 e. The molecule has 5 nitrogen and oxygen atoms in total. The van der Waals surface area contributed by atoms with Crippen LogP contribution < -0.4 is 5.46 Å². The molecule has 25 heavy (non-hydrogen) atoms.